The second-order valence-corrected chi connectivity index (χ2v) is 5.06. The highest BCUT2D eigenvalue weighted by Gasteiger charge is 2.07. The van der Waals surface area contributed by atoms with Crippen molar-refractivity contribution in [2.75, 3.05) is 13.2 Å². The number of hydrogen-bond acceptors (Lipinski definition) is 7. The molecule has 0 atom stereocenters. The Morgan fingerprint density at radius 1 is 1.08 bits per heavy atom. The van der Waals surface area contributed by atoms with Gasteiger partial charge in [-0.05, 0) is 39.2 Å². The number of rotatable bonds is 4. The molecule has 0 amide bonds. The van der Waals surface area contributed by atoms with Gasteiger partial charge in [0.15, 0.2) is 13.2 Å². The largest absolute Gasteiger partial charge is 0.462 e. The van der Waals surface area contributed by atoms with E-state index in [1.54, 1.807) is 20.8 Å². The molecule has 0 fully saturated rings. The molecule has 0 aliphatic rings. The first-order valence-electron chi connectivity index (χ1n) is 6.90. The predicted molar refractivity (Wildman–Crippen MR) is 89.3 cm³/mol. The fraction of sp³-hybridized carbons (Fsp3) is 0.375. The predicted octanol–water partition coefficient (Wildman–Crippen LogP) is 2.57. The van der Waals surface area contributed by atoms with Gasteiger partial charge in [-0.15, -0.1) is 16.2 Å². The molecule has 2 aromatic heterocycles. The van der Waals surface area contributed by atoms with Crippen LogP contribution in [0.3, 0.4) is 0 Å². The Morgan fingerprint density at radius 2 is 1.75 bits per heavy atom. The second kappa shape index (κ2) is 10.9. The Morgan fingerprint density at radius 3 is 2.33 bits per heavy atom. The first kappa shape index (κ1) is 19.3. The number of nitrogens with zero attached hydrogens (tertiary/aromatic N) is 4. The summed E-state index contributed by atoms with van der Waals surface area (Å²) in [6, 6.07) is 0.426. The molecule has 0 N–H and O–H groups in total. The Balaban J connectivity index is 0.000000243. The Kier molecular flexibility index (Phi) is 8.80. The normalized spacial score (nSPS) is 8.71. The molecule has 2 rings (SSSR count). The van der Waals surface area contributed by atoms with E-state index in [4.69, 9.17) is 9.47 Å². The van der Waals surface area contributed by atoms with Crippen molar-refractivity contribution >= 4 is 11.5 Å². The van der Waals surface area contributed by atoms with Crippen molar-refractivity contribution in [2.24, 2.45) is 0 Å². The minimum atomic E-state index is -0.527. The van der Waals surface area contributed by atoms with Gasteiger partial charge in [0.25, 0.3) is 5.88 Å². The van der Waals surface area contributed by atoms with Gasteiger partial charge in [0, 0.05) is 0 Å². The Labute approximate surface area is 144 Å². The first-order chi connectivity index (χ1) is 11.6. The molecule has 6 nitrogen and oxygen atoms in total. The van der Waals surface area contributed by atoms with E-state index in [0.29, 0.717) is 12.6 Å². The summed E-state index contributed by atoms with van der Waals surface area (Å²) in [5.74, 6) is 10.2. The van der Waals surface area contributed by atoms with Gasteiger partial charge in [0.1, 0.15) is 11.3 Å². The number of hydrogen-bond donors (Lipinski definition) is 0. The van der Waals surface area contributed by atoms with Crippen LogP contribution in [0.5, 0.6) is 11.9 Å². The van der Waals surface area contributed by atoms with Crippen LogP contribution in [0.4, 0.5) is 4.39 Å². The van der Waals surface area contributed by atoms with E-state index >= 15 is 0 Å². The van der Waals surface area contributed by atoms with Gasteiger partial charge in [-0.2, -0.15) is 14.4 Å². The molecule has 0 bridgehead atoms. The SMILES string of the molecule is CC#CCOc1ncnc(C)c1F.CC#CCOc1nsc(C)n1. The summed E-state index contributed by atoms with van der Waals surface area (Å²) in [5, 5.41) is 0.907. The van der Waals surface area contributed by atoms with Crippen LogP contribution in [-0.4, -0.2) is 32.5 Å². The Bertz CT molecular complexity index is 772. The van der Waals surface area contributed by atoms with Gasteiger partial charge in [0.05, 0.1) is 5.69 Å². The zero-order valence-electron chi connectivity index (χ0n) is 13.9. The first-order valence-corrected chi connectivity index (χ1v) is 7.68. The van der Waals surface area contributed by atoms with Gasteiger partial charge < -0.3 is 9.47 Å². The lowest BCUT2D eigenvalue weighted by Gasteiger charge is -2.02. The highest BCUT2D eigenvalue weighted by molar-refractivity contribution is 7.05. The molecule has 0 aromatic carbocycles. The molecule has 0 radical (unpaired) electrons. The molecule has 0 unspecified atom stereocenters. The van der Waals surface area contributed by atoms with Crippen molar-refractivity contribution < 1.29 is 13.9 Å². The van der Waals surface area contributed by atoms with Crippen molar-refractivity contribution in [2.45, 2.75) is 27.7 Å². The fourth-order valence-electron chi connectivity index (χ4n) is 1.23. The average Bonchev–Trinajstić information content (AvgIpc) is 2.98. The van der Waals surface area contributed by atoms with Crippen molar-refractivity contribution in [3.63, 3.8) is 0 Å². The molecule has 0 aliphatic carbocycles. The van der Waals surface area contributed by atoms with Crippen molar-refractivity contribution in [1.29, 1.82) is 0 Å². The highest BCUT2D eigenvalue weighted by Crippen LogP contribution is 2.13. The smallest absolute Gasteiger partial charge is 0.329 e. The minimum absolute atomic E-state index is 0.0461. The van der Waals surface area contributed by atoms with Crippen molar-refractivity contribution in [3.8, 4) is 35.6 Å². The minimum Gasteiger partial charge on any atom is -0.462 e. The third-order valence-corrected chi connectivity index (χ3v) is 2.95. The fourth-order valence-corrected chi connectivity index (χ4v) is 1.65. The molecule has 8 heteroatoms. The van der Waals surface area contributed by atoms with Crippen LogP contribution in [0.2, 0.25) is 0 Å². The van der Waals surface area contributed by atoms with Crippen LogP contribution >= 0.6 is 11.5 Å². The molecule has 0 aliphatic heterocycles. The lowest BCUT2D eigenvalue weighted by atomic mass is 10.4. The van der Waals surface area contributed by atoms with Gasteiger partial charge in [-0.3, -0.25) is 0 Å². The second-order valence-electron chi connectivity index (χ2n) is 4.11. The molecule has 24 heavy (non-hydrogen) atoms. The molecule has 0 saturated heterocycles. The van der Waals surface area contributed by atoms with Gasteiger partial charge in [0.2, 0.25) is 5.82 Å². The highest BCUT2D eigenvalue weighted by atomic mass is 32.1. The van der Waals surface area contributed by atoms with E-state index in [2.05, 4.69) is 43.0 Å². The summed E-state index contributed by atoms with van der Waals surface area (Å²) in [6.07, 6.45) is 1.26. The van der Waals surface area contributed by atoms with E-state index in [9.17, 15) is 4.39 Å². The molecule has 0 spiro atoms. The maximum atomic E-state index is 13.1. The van der Waals surface area contributed by atoms with Crippen LogP contribution in [-0.2, 0) is 0 Å². The number of aryl methyl sites for hydroxylation is 2. The lowest BCUT2D eigenvalue weighted by Crippen LogP contribution is -2.01. The average molecular weight is 348 g/mol. The van der Waals surface area contributed by atoms with Gasteiger partial charge >= 0.3 is 6.01 Å². The monoisotopic (exact) mass is 348 g/mol. The quantitative estimate of drug-likeness (QED) is 0.791. The Hall–Kier alpha value is -2.71. The van der Waals surface area contributed by atoms with E-state index in [-0.39, 0.29) is 18.2 Å². The summed E-state index contributed by atoms with van der Waals surface area (Å²) in [4.78, 5) is 11.3. The van der Waals surface area contributed by atoms with E-state index in [1.807, 2.05) is 6.92 Å². The van der Waals surface area contributed by atoms with Gasteiger partial charge in [-0.1, -0.05) is 11.8 Å². The van der Waals surface area contributed by atoms with Crippen LogP contribution in [0.25, 0.3) is 0 Å². The maximum Gasteiger partial charge on any atom is 0.329 e. The maximum absolute atomic E-state index is 13.1. The zero-order valence-corrected chi connectivity index (χ0v) is 14.7. The zero-order chi connectivity index (χ0) is 17.8. The number of ether oxygens (including phenoxy) is 2. The molecule has 0 saturated carbocycles. The number of halogens is 1. The summed E-state index contributed by atoms with van der Waals surface area (Å²) in [6.45, 7) is 7.40. The van der Waals surface area contributed by atoms with Crippen LogP contribution in [0.1, 0.15) is 24.5 Å². The molecular weight excluding hydrogens is 331 g/mol. The summed E-state index contributed by atoms with van der Waals surface area (Å²) in [7, 11) is 0. The molecule has 126 valence electrons. The van der Waals surface area contributed by atoms with Crippen LogP contribution < -0.4 is 9.47 Å². The molecule has 2 aromatic rings. The van der Waals surface area contributed by atoms with Crippen molar-refractivity contribution in [3.05, 3.63) is 22.8 Å². The standard InChI is InChI=1S/C9H9FN2O.C7H8N2OS/c1-3-4-5-13-9-8(10)7(2)11-6-12-9;1-3-4-5-10-7-8-6(2)11-9-7/h6H,5H2,1-2H3;5H2,1-2H3. The van der Waals surface area contributed by atoms with Crippen molar-refractivity contribution in [1.82, 2.24) is 19.3 Å². The molecular formula is C16H17FN4O2S. The third kappa shape index (κ3) is 7.03. The number of aromatic nitrogens is 4. The van der Waals surface area contributed by atoms with E-state index < -0.39 is 5.82 Å². The van der Waals surface area contributed by atoms with Gasteiger partial charge in [-0.25, -0.2) is 4.98 Å². The topological polar surface area (TPSA) is 70.0 Å². The van der Waals surface area contributed by atoms with Crippen LogP contribution in [0.15, 0.2) is 6.33 Å². The third-order valence-electron chi connectivity index (χ3n) is 2.35. The van der Waals surface area contributed by atoms with Crippen LogP contribution in [0, 0.1) is 43.3 Å². The van der Waals surface area contributed by atoms with E-state index in [1.165, 1.54) is 17.9 Å². The molecule has 2 heterocycles. The summed E-state index contributed by atoms with van der Waals surface area (Å²) < 4.78 is 27.1. The lowest BCUT2D eigenvalue weighted by molar-refractivity contribution is 0.329. The summed E-state index contributed by atoms with van der Waals surface area (Å²) in [5.41, 5.74) is 0.273. The van der Waals surface area contributed by atoms with E-state index in [0.717, 1.165) is 5.01 Å². The summed E-state index contributed by atoms with van der Waals surface area (Å²) >= 11 is 1.33.